The molecule has 0 unspecified atom stereocenters. The van der Waals surface area contributed by atoms with Crippen LogP contribution in [-0.2, 0) is 16.1 Å². The van der Waals surface area contributed by atoms with E-state index in [-0.39, 0.29) is 17.9 Å². The fourth-order valence-electron chi connectivity index (χ4n) is 3.40. The number of aromatic nitrogens is 2. The van der Waals surface area contributed by atoms with Crippen molar-refractivity contribution in [2.75, 3.05) is 13.1 Å². The van der Waals surface area contributed by atoms with Crippen molar-refractivity contribution in [3.8, 4) is 0 Å². The van der Waals surface area contributed by atoms with Crippen LogP contribution in [-0.4, -0.2) is 51.6 Å². The van der Waals surface area contributed by atoms with Gasteiger partial charge < -0.3 is 19.4 Å². The van der Waals surface area contributed by atoms with Gasteiger partial charge in [0.15, 0.2) is 5.69 Å². The van der Waals surface area contributed by atoms with E-state index in [0.717, 1.165) is 18.0 Å². The molecule has 2 aromatic heterocycles. The number of carbonyl (C=O) groups excluding carboxylic acids is 2. The van der Waals surface area contributed by atoms with Crippen molar-refractivity contribution in [2.45, 2.75) is 31.6 Å². The number of nitrogens with zero attached hydrogens (tertiary/aromatic N) is 3. The molecule has 4 heterocycles. The summed E-state index contributed by atoms with van der Waals surface area (Å²) in [5.74, 6) is 0.753. The molecule has 0 bridgehead atoms. The summed E-state index contributed by atoms with van der Waals surface area (Å²) in [5, 5.41) is 8.32. The molecule has 2 saturated heterocycles. The number of likely N-dealkylation sites (tertiary alicyclic amines) is 1. The molecule has 2 fully saturated rings. The first-order valence-corrected chi connectivity index (χ1v) is 9.06. The van der Waals surface area contributed by atoms with Gasteiger partial charge in [-0.3, -0.25) is 9.59 Å². The molecule has 3 atom stereocenters. The highest BCUT2D eigenvalue weighted by atomic mass is 32.1. The van der Waals surface area contributed by atoms with Crippen LogP contribution in [0, 0.1) is 5.92 Å². The maximum Gasteiger partial charge on any atom is 0.275 e. The number of piperidine rings is 1. The van der Waals surface area contributed by atoms with E-state index in [1.54, 1.807) is 22.6 Å². The van der Waals surface area contributed by atoms with Gasteiger partial charge in [-0.25, -0.2) is 0 Å². The van der Waals surface area contributed by atoms with E-state index in [9.17, 15) is 9.59 Å². The summed E-state index contributed by atoms with van der Waals surface area (Å²) in [7, 11) is 0. The summed E-state index contributed by atoms with van der Waals surface area (Å²) in [6.07, 6.45) is 2.51. The molecular weight excluding hydrogens is 344 g/mol. The number of hydrogen-bond donors (Lipinski definition) is 1. The quantitative estimate of drug-likeness (QED) is 0.874. The van der Waals surface area contributed by atoms with Crippen molar-refractivity contribution in [2.24, 2.45) is 5.92 Å². The van der Waals surface area contributed by atoms with Gasteiger partial charge in [0, 0.05) is 18.5 Å². The summed E-state index contributed by atoms with van der Waals surface area (Å²) in [6.45, 7) is 1.49. The Morgan fingerprint density at radius 2 is 2.36 bits per heavy atom. The standard InChI is InChI=1S/C16H18N4O4S/c21-15(17-7-11-2-1-5-23-11)13-6-10-3-4-20(8-14(10)24-13)16(22)12-9-25-19-18-12/h1-2,5,9-10,13-14H,3-4,6-8H2,(H,17,21)/t10-,13-,14+/m0/s1. The molecule has 2 amide bonds. The van der Waals surface area contributed by atoms with Gasteiger partial charge in [-0.1, -0.05) is 4.49 Å². The van der Waals surface area contributed by atoms with Crippen molar-refractivity contribution >= 4 is 23.3 Å². The van der Waals surface area contributed by atoms with Gasteiger partial charge in [0.25, 0.3) is 5.91 Å². The van der Waals surface area contributed by atoms with Crippen molar-refractivity contribution in [1.29, 1.82) is 0 Å². The number of carbonyl (C=O) groups is 2. The normalized spacial score (nSPS) is 25.6. The smallest absolute Gasteiger partial charge is 0.275 e. The first-order valence-electron chi connectivity index (χ1n) is 8.22. The lowest BCUT2D eigenvalue weighted by atomic mass is 9.91. The van der Waals surface area contributed by atoms with Gasteiger partial charge in [-0.2, -0.15) is 0 Å². The summed E-state index contributed by atoms with van der Waals surface area (Å²) in [6, 6.07) is 3.60. The number of nitrogens with one attached hydrogen (secondary N) is 1. The fourth-order valence-corrected chi connectivity index (χ4v) is 3.83. The second-order valence-corrected chi connectivity index (χ2v) is 6.90. The maximum absolute atomic E-state index is 12.4. The molecule has 132 valence electrons. The molecule has 1 N–H and O–H groups in total. The van der Waals surface area contributed by atoms with Crippen molar-refractivity contribution < 1.29 is 18.7 Å². The third-order valence-electron chi connectivity index (χ3n) is 4.73. The predicted octanol–water partition coefficient (Wildman–Crippen LogP) is 1.07. The molecule has 2 aromatic rings. The lowest BCUT2D eigenvalue weighted by molar-refractivity contribution is -0.132. The Balaban J connectivity index is 1.32. The minimum Gasteiger partial charge on any atom is -0.467 e. The van der Waals surface area contributed by atoms with E-state index >= 15 is 0 Å². The van der Waals surface area contributed by atoms with Crippen molar-refractivity contribution in [3.05, 3.63) is 35.2 Å². The molecular formula is C16H18N4O4S. The number of fused-ring (bicyclic) bond motifs is 1. The zero-order valence-corrected chi connectivity index (χ0v) is 14.3. The first kappa shape index (κ1) is 16.2. The highest BCUT2D eigenvalue weighted by Gasteiger charge is 2.43. The second kappa shape index (κ2) is 6.93. The third-order valence-corrected chi connectivity index (χ3v) is 5.23. The van der Waals surface area contributed by atoms with Crippen LogP contribution < -0.4 is 5.32 Å². The van der Waals surface area contributed by atoms with E-state index in [1.807, 2.05) is 6.07 Å². The zero-order chi connectivity index (χ0) is 17.2. The topological polar surface area (TPSA) is 97.6 Å². The Labute approximate surface area is 148 Å². The lowest BCUT2D eigenvalue weighted by Gasteiger charge is -2.33. The van der Waals surface area contributed by atoms with Crippen molar-refractivity contribution in [1.82, 2.24) is 19.8 Å². The summed E-state index contributed by atoms with van der Waals surface area (Å²) in [4.78, 5) is 26.4. The molecule has 9 heteroatoms. The highest BCUT2D eigenvalue weighted by molar-refractivity contribution is 7.03. The van der Waals surface area contributed by atoms with Crippen molar-refractivity contribution in [3.63, 3.8) is 0 Å². The van der Waals surface area contributed by atoms with E-state index in [1.165, 1.54) is 0 Å². The summed E-state index contributed by atoms with van der Waals surface area (Å²) < 4.78 is 14.9. The Morgan fingerprint density at radius 3 is 3.12 bits per heavy atom. The number of rotatable bonds is 4. The van der Waals surface area contributed by atoms with Gasteiger partial charge in [0.05, 0.1) is 18.9 Å². The van der Waals surface area contributed by atoms with E-state index in [0.29, 0.717) is 43.4 Å². The monoisotopic (exact) mass is 362 g/mol. The van der Waals surface area contributed by atoms with Crippen LogP contribution in [0.2, 0.25) is 0 Å². The van der Waals surface area contributed by atoms with Gasteiger partial charge in [-0.05, 0) is 42.4 Å². The minimum absolute atomic E-state index is 0.108. The van der Waals surface area contributed by atoms with Crippen LogP contribution in [0.15, 0.2) is 28.2 Å². The molecule has 0 saturated carbocycles. The minimum atomic E-state index is -0.471. The average molecular weight is 362 g/mol. The average Bonchev–Trinajstić information content (AvgIpc) is 3.39. The van der Waals surface area contributed by atoms with E-state index < -0.39 is 6.10 Å². The molecule has 0 radical (unpaired) electrons. The zero-order valence-electron chi connectivity index (χ0n) is 13.5. The number of ether oxygens (including phenoxy) is 1. The Morgan fingerprint density at radius 1 is 1.44 bits per heavy atom. The molecule has 0 spiro atoms. The molecule has 0 aliphatic carbocycles. The first-order chi connectivity index (χ1) is 12.2. The highest BCUT2D eigenvalue weighted by Crippen LogP contribution is 2.33. The van der Waals surface area contributed by atoms with Crippen LogP contribution in [0.4, 0.5) is 0 Å². The summed E-state index contributed by atoms with van der Waals surface area (Å²) in [5.41, 5.74) is 0.370. The third kappa shape index (κ3) is 3.42. The van der Waals surface area contributed by atoms with E-state index in [2.05, 4.69) is 14.9 Å². The van der Waals surface area contributed by atoms with Crippen LogP contribution in [0.5, 0.6) is 0 Å². The SMILES string of the molecule is O=C(NCc1ccco1)[C@@H]1C[C@@H]2CCN(C(=O)c3csnn3)C[C@H]2O1. The lowest BCUT2D eigenvalue weighted by Crippen LogP contribution is -2.45. The Hall–Kier alpha value is -2.26. The van der Waals surface area contributed by atoms with Gasteiger partial charge in [0.1, 0.15) is 11.9 Å². The molecule has 2 aliphatic rings. The molecule has 4 rings (SSSR count). The number of hydrogen-bond acceptors (Lipinski definition) is 7. The Kier molecular flexibility index (Phi) is 4.50. The predicted molar refractivity (Wildman–Crippen MR) is 87.8 cm³/mol. The van der Waals surface area contributed by atoms with Crippen LogP contribution in [0.3, 0.4) is 0 Å². The largest absolute Gasteiger partial charge is 0.467 e. The second-order valence-electron chi connectivity index (χ2n) is 6.29. The number of amides is 2. The van der Waals surface area contributed by atoms with Crippen LogP contribution in [0.25, 0.3) is 0 Å². The van der Waals surface area contributed by atoms with Crippen LogP contribution >= 0.6 is 11.5 Å². The fraction of sp³-hybridized carbons (Fsp3) is 0.500. The van der Waals surface area contributed by atoms with Gasteiger partial charge in [0.2, 0.25) is 5.91 Å². The number of furan rings is 1. The summed E-state index contributed by atoms with van der Waals surface area (Å²) >= 11 is 1.16. The Bertz CT molecular complexity index is 733. The molecule has 25 heavy (non-hydrogen) atoms. The van der Waals surface area contributed by atoms with Gasteiger partial charge >= 0.3 is 0 Å². The van der Waals surface area contributed by atoms with Crippen LogP contribution in [0.1, 0.15) is 29.1 Å². The maximum atomic E-state index is 12.4. The molecule has 0 aromatic carbocycles. The van der Waals surface area contributed by atoms with Gasteiger partial charge in [-0.15, -0.1) is 5.10 Å². The molecule has 2 aliphatic heterocycles. The van der Waals surface area contributed by atoms with E-state index in [4.69, 9.17) is 9.15 Å². The molecule has 8 nitrogen and oxygen atoms in total.